The number of nitrogens with zero attached hydrogens (tertiary/aromatic N) is 1. The van der Waals surface area contributed by atoms with E-state index in [4.69, 9.17) is 4.74 Å². The highest BCUT2D eigenvalue weighted by atomic mass is 19.1. The van der Waals surface area contributed by atoms with Gasteiger partial charge in [0.25, 0.3) is 0 Å². The van der Waals surface area contributed by atoms with E-state index in [2.05, 4.69) is 0 Å². The van der Waals surface area contributed by atoms with Crippen LogP contribution >= 0.6 is 0 Å². The van der Waals surface area contributed by atoms with E-state index < -0.39 is 12.0 Å². The molecule has 0 spiro atoms. The molecule has 0 radical (unpaired) electrons. The maximum atomic E-state index is 13.4. The summed E-state index contributed by atoms with van der Waals surface area (Å²) < 4.78 is 18.9. The van der Waals surface area contributed by atoms with Crippen molar-refractivity contribution in [1.82, 2.24) is 4.90 Å². The van der Waals surface area contributed by atoms with E-state index in [0.29, 0.717) is 19.6 Å². The SMILES string of the molecule is CCOc1ccc(C(c2ccc(F)cc2)N2CCCCC2C(=O)O)cc1. The van der Waals surface area contributed by atoms with E-state index in [-0.39, 0.29) is 11.9 Å². The lowest BCUT2D eigenvalue weighted by Crippen LogP contribution is -2.46. The van der Waals surface area contributed by atoms with Crippen molar-refractivity contribution in [3.8, 4) is 5.75 Å². The van der Waals surface area contributed by atoms with Gasteiger partial charge < -0.3 is 9.84 Å². The third kappa shape index (κ3) is 4.05. The van der Waals surface area contributed by atoms with E-state index >= 15 is 0 Å². The first-order valence-corrected chi connectivity index (χ1v) is 9.07. The number of carboxylic acids is 1. The smallest absolute Gasteiger partial charge is 0.320 e. The molecule has 2 aromatic rings. The standard InChI is InChI=1S/C21H24FNO3/c1-2-26-18-12-8-16(9-13-18)20(15-6-10-17(22)11-7-15)23-14-4-3-5-19(23)21(24)25/h6-13,19-20H,2-5,14H2,1H3,(H,24,25). The average molecular weight is 357 g/mol. The Balaban J connectivity index is 2.00. The third-order valence-electron chi connectivity index (χ3n) is 4.85. The van der Waals surface area contributed by atoms with Gasteiger partial charge in [0.1, 0.15) is 17.6 Å². The molecule has 0 aliphatic carbocycles. The number of aliphatic carboxylic acids is 1. The van der Waals surface area contributed by atoms with Crippen LogP contribution in [-0.2, 0) is 4.79 Å². The van der Waals surface area contributed by atoms with Crippen molar-refractivity contribution in [3.05, 3.63) is 65.5 Å². The normalized spacial score (nSPS) is 19.1. The van der Waals surface area contributed by atoms with Crippen molar-refractivity contribution in [2.45, 2.75) is 38.3 Å². The largest absolute Gasteiger partial charge is 0.494 e. The Kier molecular flexibility index (Phi) is 5.89. The predicted octanol–water partition coefficient (Wildman–Crippen LogP) is 4.25. The number of hydrogen-bond donors (Lipinski definition) is 1. The molecule has 1 N–H and O–H groups in total. The molecule has 2 unspecified atom stereocenters. The van der Waals surface area contributed by atoms with Gasteiger partial charge in [-0.05, 0) is 61.7 Å². The zero-order valence-corrected chi connectivity index (χ0v) is 14.9. The molecule has 3 rings (SSSR count). The molecule has 1 fully saturated rings. The number of halogens is 1. The summed E-state index contributed by atoms with van der Waals surface area (Å²) in [6.07, 6.45) is 2.50. The van der Waals surface area contributed by atoms with Gasteiger partial charge in [-0.3, -0.25) is 9.69 Å². The quantitative estimate of drug-likeness (QED) is 0.839. The topological polar surface area (TPSA) is 49.8 Å². The van der Waals surface area contributed by atoms with Crippen molar-refractivity contribution in [3.63, 3.8) is 0 Å². The zero-order chi connectivity index (χ0) is 18.5. The first-order chi connectivity index (χ1) is 12.6. The van der Waals surface area contributed by atoms with Crippen LogP contribution in [0.2, 0.25) is 0 Å². The maximum absolute atomic E-state index is 13.4. The number of likely N-dealkylation sites (tertiary alicyclic amines) is 1. The molecule has 5 heteroatoms. The highest BCUT2D eigenvalue weighted by Gasteiger charge is 2.35. The van der Waals surface area contributed by atoms with Gasteiger partial charge in [0.15, 0.2) is 0 Å². The van der Waals surface area contributed by atoms with Gasteiger partial charge in [0.2, 0.25) is 0 Å². The summed E-state index contributed by atoms with van der Waals surface area (Å²) in [7, 11) is 0. The summed E-state index contributed by atoms with van der Waals surface area (Å²) in [5, 5.41) is 9.69. The summed E-state index contributed by atoms with van der Waals surface area (Å²) in [4.78, 5) is 13.8. The minimum atomic E-state index is -0.803. The molecule has 1 heterocycles. The van der Waals surface area contributed by atoms with Crippen LogP contribution in [0.3, 0.4) is 0 Å². The predicted molar refractivity (Wildman–Crippen MR) is 97.8 cm³/mol. The lowest BCUT2D eigenvalue weighted by molar-refractivity contribution is -0.145. The van der Waals surface area contributed by atoms with Crippen LogP contribution in [0.15, 0.2) is 48.5 Å². The Bertz CT molecular complexity index is 730. The summed E-state index contributed by atoms with van der Waals surface area (Å²) in [5.41, 5.74) is 1.87. The molecule has 4 nitrogen and oxygen atoms in total. The zero-order valence-electron chi connectivity index (χ0n) is 14.9. The number of benzene rings is 2. The van der Waals surface area contributed by atoms with Gasteiger partial charge in [0, 0.05) is 0 Å². The van der Waals surface area contributed by atoms with Crippen molar-refractivity contribution in [2.24, 2.45) is 0 Å². The Morgan fingerprint density at radius 2 is 1.77 bits per heavy atom. The van der Waals surface area contributed by atoms with Crippen molar-refractivity contribution >= 4 is 5.97 Å². The molecular weight excluding hydrogens is 333 g/mol. The van der Waals surface area contributed by atoms with Gasteiger partial charge in [-0.2, -0.15) is 0 Å². The second-order valence-corrected chi connectivity index (χ2v) is 6.54. The molecule has 1 aliphatic heterocycles. The van der Waals surface area contributed by atoms with Crippen LogP contribution in [-0.4, -0.2) is 35.2 Å². The highest BCUT2D eigenvalue weighted by Crippen LogP contribution is 2.35. The van der Waals surface area contributed by atoms with Gasteiger partial charge in [0.05, 0.1) is 12.6 Å². The lowest BCUT2D eigenvalue weighted by Gasteiger charge is -2.39. The fraction of sp³-hybridized carbons (Fsp3) is 0.381. The summed E-state index contributed by atoms with van der Waals surface area (Å²) in [6, 6.07) is 13.3. The summed E-state index contributed by atoms with van der Waals surface area (Å²) in [6.45, 7) is 3.22. The second kappa shape index (κ2) is 8.32. The van der Waals surface area contributed by atoms with Crippen molar-refractivity contribution < 1.29 is 19.0 Å². The van der Waals surface area contributed by atoms with Crippen molar-refractivity contribution in [2.75, 3.05) is 13.2 Å². The molecule has 1 saturated heterocycles. The molecule has 0 aromatic heterocycles. The molecule has 2 atom stereocenters. The van der Waals surface area contributed by atoms with Gasteiger partial charge in [-0.25, -0.2) is 4.39 Å². The summed E-state index contributed by atoms with van der Waals surface area (Å²) in [5.74, 6) is -0.321. The van der Waals surface area contributed by atoms with Crippen LogP contribution in [0.5, 0.6) is 5.75 Å². The Morgan fingerprint density at radius 1 is 1.15 bits per heavy atom. The molecule has 2 aromatic carbocycles. The number of rotatable bonds is 6. The van der Waals surface area contributed by atoms with E-state index in [9.17, 15) is 14.3 Å². The number of piperidine rings is 1. The monoisotopic (exact) mass is 357 g/mol. The fourth-order valence-corrected chi connectivity index (χ4v) is 3.66. The molecule has 0 bridgehead atoms. The second-order valence-electron chi connectivity index (χ2n) is 6.54. The Morgan fingerprint density at radius 3 is 2.35 bits per heavy atom. The van der Waals surface area contributed by atoms with Crippen LogP contribution in [0.4, 0.5) is 4.39 Å². The van der Waals surface area contributed by atoms with Crippen LogP contribution in [0.25, 0.3) is 0 Å². The van der Waals surface area contributed by atoms with E-state index in [1.165, 1.54) is 12.1 Å². The van der Waals surface area contributed by atoms with E-state index in [1.807, 2.05) is 36.1 Å². The number of carboxylic acid groups (broad SMARTS) is 1. The van der Waals surface area contributed by atoms with Gasteiger partial charge in [-0.1, -0.05) is 30.7 Å². The Hall–Kier alpha value is -2.40. The molecule has 1 aliphatic rings. The first kappa shape index (κ1) is 18.4. The molecule has 0 saturated carbocycles. The highest BCUT2D eigenvalue weighted by molar-refractivity contribution is 5.73. The van der Waals surface area contributed by atoms with Crippen LogP contribution in [0.1, 0.15) is 43.4 Å². The maximum Gasteiger partial charge on any atom is 0.320 e. The van der Waals surface area contributed by atoms with Gasteiger partial charge >= 0.3 is 5.97 Å². The number of ether oxygens (including phenoxy) is 1. The van der Waals surface area contributed by atoms with E-state index in [0.717, 1.165) is 29.7 Å². The van der Waals surface area contributed by atoms with Crippen molar-refractivity contribution in [1.29, 1.82) is 0 Å². The first-order valence-electron chi connectivity index (χ1n) is 9.07. The molecule has 0 amide bonds. The van der Waals surface area contributed by atoms with E-state index in [1.54, 1.807) is 12.1 Å². The number of hydrogen-bond acceptors (Lipinski definition) is 3. The van der Waals surface area contributed by atoms with Crippen LogP contribution < -0.4 is 4.74 Å². The molecular formula is C21H24FNO3. The molecule has 138 valence electrons. The van der Waals surface area contributed by atoms with Crippen LogP contribution in [0, 0.1) is 5.82 Å². The fourth-order valence-electron chi connectivity index (χ4n) is 3.66. The minimum Gasteiger partial charge on any atom is -0.494 e. The minimum absolute atomic E-state index is 0.229. The number of carbonyl (C=O) groups is 1. The van der Waals surface area contributed by atoms with Gasteiger partial charge in [-0.15, -0.1) is 0 Å². The Labute approximate surface area is 153 Å². The third-order valence-corrected chi connectivity index (χ3v) is 4.85. The summed E-state index contributed by atoms with van der Waals surface area (Å²) >= 11 is 0. The lowest BCUT2D eigenvalue weighted by atomic mass is 9.91. The average Bonchev–Trinajstić information content (AvgIpc) is 2.65. The molecule has 26 heavy (non-hydrogen) atoms.